The number of ketones is 1. The van der Waals surface area contributed by atoms with Gasteiger partial charge in [-0.2, -0.15) is 0 Å². The molecule has 0 spiro atoms. The molecule has 1 atom stereocenters. The molecular formula is C14H18O2S. The maximum atomic E-state index is 12.4. The van der Waals surface area contributed by atoms with Crippen molar-refractivity contribution in [3.05, 3.63) is 29.8 Å². The van der Waals surface area contributed by atoms with E-state index in [0.717, 1.165) is 29.9 Å². The van der Waals surface area contributed by atoms with Crippen molar-refractivity contribution in [2.24, 2.45) is 0 Å². The topological polar surface area (TPSA) is 26.3 Å². The maximum Gasteiger partial charge on any atom is 0.178 e. The van der Waals surface area contributed by atoms with Gasteiger partial charge in [-0.1, -0.05) is 0 Å². The van der Waals surface area contributed by atoms with Crippen LogP contribution < -0.4 is 4.74 Å². The Balaban J connectivity index is 2.14. The Morgan fingerprint density at radius 2 is 2.12 bits per heavy atom. The number of carbonyl (C=O) groups excluding carboxylic acids is 1. The molecule has 1 aliphatic heterocycles. The van der Waals surface area contributed by atoms with Crippen molar-refractivity contribution >= 4 is 17.5 Å². The lowest BCUT2D eigenvalue weighted by Gasteiger charge is -2.20. The summed E-state index contributed by atoms with van der Waals surface area (Å²) in [5.74, 6) is 2.18. The lowest BCUT2D eigenvalue weighted by molar-refractivity contribution is 0.0949. The van der Waals surface area contributed by atoms with Gasteiger partial charge in [0.15, 0.2) is 5.78 Å². The second-order valence-corrected chi connectivity index (χ2v) is 6.07. The fraction of sp³-hybridized carbons (Fsp3) is 0.500. The van der Waals surface area contributed by atoms with Crippen molar-refractivity contribution in [2.45, 2.75) is 31.4 Å². The Bertz CT molecular complexity index is 391. The molecule has 1 heterocycles. The molecule has 0 amide bonds. The van der Waals surface area contributed by atoms with Crippen LogP contribution in [0.25, 0.3) is 0 Å². The van der Waals surface area contributed by atoms with Gasteiger partial charge >= 0.3 is 0 Å². The van der Waals surface area contributed by atoms with E-state index in [-0.39, 0.29) is 10.5 Å². The second kappa shape index (κ2) is 5.13. The summed E-state index contributed by atoms with van der Waals surface area (Å²) in [4.78, 5) is 12.4. The quantitative estimate of drug-likeness (QED) is 0.764. The molecule has 2 rings (SSSR count). The number of hydrogen-bond acceptors (Lipinski definition) is 3. The van der Waals surface area contributed by atoms with Crippen LogP contribution in [0.5, 0.6) is 5.75 Å². The molecule has 1 fully saturated rings. The van der Waals surface area contributed by atoms with Crippen LogP contribution in [0, 0.1) is 0 Å². The number of Topliss-reactive ketones (excluding diaryl/α,β-unsaturated/α-hetero) is 1. The largest absolute Gasteiger partial charge is 0.494 e. The summed E-state index contributed by atoms with van der Waals surface area (Å²) in [6.07, 6.45) is 2.13. The number of rotatable bonds is 4. The van der Waals surface area contributed by atoms with E-state index < -0.39 is 0 Å². The number of thioether (sulfide) groups is 1. The molecule has 0 aromatic heterocycles. The van der Waals surface area contributed by atoms with Crippen molar-refractivity contribution in [1.82, 2.24) is 0 Å². The lowest BCUT2D eigenvalue weighted by atomic mass is 9.95. The van der Waals surface area contributed by atoms with Crippen LogP contribution in [0.1, 0.15) is 37.0 Å². The van der Waals surface area contributed by atoms with E-state index >= 15 is 0 Å². The Morgan fingerprint density at radius 1 is 1.41 bits per heavy atom. The van der Waals surface area contributed by atoms with Gasteiger partial charge in [-0.05, 0) is 56.7 Å². The van der Waals surface area contributed by atoms with Gasteiger partial charge in [0.1, 0.15) is 5.75 Å². The number of carbonyl (C=O) groups is 1. The fourth-order valence-electron chi connectivity index (χ4n) is 2.13. The predicted octanol–water partition coefficient (Wildman–Crippen LogP) is 3.55. The van der Waals surface area contributed by atoms with Gasteiger partial charge in [-0.3, -0.25) is 4.79 Å². The van der Waals surface area contributed by atoms with Crippen molar-refractivity contribution in [1.29, 1.82) is 0 Å². The van der Waals surface area contributed by atoms with Gasteiger partial charge in [0.05, 0.1) is 11.4 Å². The normalized spacial score (nSPS) is 23.6. The first kappa shape index (κ1) is 12.5. The van der Waals surface area contributed by atoms with Crippen LogP contribution in [0.2, 0.25) is 0 Å². The summed E-state index contributed by atoms with van der Waals surface area (Å²) in [6, 6.07) is 7.49. The third kappa shape index (κ3) is 2.65. The summed E-state index contributed by atoms with van der Waals surface area (Å²) >= 11 is 1.78. The van der Waals surface area contributed by atoms with Crippen molar-refractivity contribution in [2.75, 3.05) is 12.4 Å². The maximum absolute atomic E-state index is 12.4. The molecule has 1 aromatic carbocycles. The van der Waals surface area contributed by atoms with Gasteiger partial charge in [0, 0.05) is 5.56 Å². The Hall–Kier alpha value is -0.960. The molecule has 2 nitrogen and oxygen atoms in total. The van der Waals surface area contributed by atoms with E-state index in [0.29, 0.717) is 6.61 Å². The summed E-state index contributed by atoms with van der Waals surface area (Å²) in [5.41, 5.74) is 0.797. The fourth-order valence-corrected chi connectivity index (χ4v) is 3.41. The lowest BCUT2D eigenvalue weighted by Crippen LogP contribution is -2.28. The van der Waals surface area contributed by atoms with Crippen molar-refractivity contribution < 1.29 is 9.53 Å². The molecule has 3 heteroatoms. The van der Waals surface area contributed by atoms with Crippen molar-refractivity contribution in [3.8, 4) is 5.75 Å². The number of benzene rings is 1. The highest BCUT2D eigenvalue weighted by Gasteiger charge is 2.37. The van der Waals surface area contributed by atoms with Crippen LogP contribution >= 0.6 is 11.8 Å². The average molecular weight is 250 g/mol. The highest BCUT2D eigenvalue weighted by atomic mass is 32.2. The molecule has 92 valence electrons. The molecule has 0 N–H and O–H groups in total. The molecule has 1 aliphatic rings. The average Bonchev–Trinajstić information content (AvgIpc) is 2.78. The molecule has 0 bridgehead atoms. The number of hydrogen-bond donors (Lipinski definition) is 0. The first-order valence-corrected chi connectivity index (χ1v) is 7.06. The zero-order valence-electron chi connectivity index (χ0n) is 10.4. The molecule has 1 aromatic rings. The standard InChI is InChI=1S/C14H18O2S/c1-3-16-12-7-5-11(6-8-12)13(15)14(2)9-4-10-17-14/h5-8H,3-4,9-10H2,1-2H3. The summed E-state index contributed by atoms with van der Waals surface area (Å²) < 4.78 is 5.16. The molecule has 1 saturated heterocycles. The van der Waals surface area contributed by atoms with Crippen LogP contribution in [0.3, 0.4) is 0 Å². The molecule has 0 radical (unpaired) electrons. The third-order valence-corrected chi connectivity index (χ3v) is 4.65. The monoisotopic (exact) mass is 250 g/mol. The summed E-state index contributed by atoms with van der Waals surface area (Å²) in [7, 11) is 0. The first-order valence-electron chi connectivity index (χ1n) is 6.07. The van der Waals surface area contributed by atoms with E-state index in [4.69, 9.17) is 4.74 Å². The Kier molecular flexibility index (Phi) is 3.77. The van der Waals surface area contributed by atoms with Crippen LogP contribution in [-0.4, -0.2) is 22.9 Å². The summed E-state index contributed by atoms with van der Waals surface area (Å²) in [6.45, 7) is 4.67. The second-order valence-electron chi connectivity index (χ2n) is 4.47. The Morgan fingerprint density at radius 3 is 2.65 bits per heavy atom. The minimum atomic E-state index is -0.215. The summed E-state index contributed by atoms with van der Waals surface area (Å²) in [5, 5.41) is 0. The van der Waals surface area contributed by atoms with Gasteiger partial charge in [-0.15, -0.1) is 11.8 Å². The van der Waals surface area contributed by atoms with Crippen LogP contribution in [-0.2, 0) is 0 Å². The molecule has 0 aliphatic carbocycles. The van der Waals surface area contributed by atoms with Gasteiger partial charge in [0.2, 0.25) is 0 Å². The third-order valence-electron chi connectivity index (χ3n) is 3.13. The minimum absolute atomic E-state index is 0.215. The minimum Gasteiger partial charge on any atom is -0.494 e. The van der Waals surface area contributed by atoms with E-state index in [2.05, 4.69) is 6.92 Å². The number of ether oxygens (including phenoxy) is 1. The van der Waals surface area contributed by atoms with Crippen LogP contribution in [0.4, 0.5) is 0 Å². The molecule has 1 unspecified atom stereocenters. The highest BCUT2D eigenvalue weighted by molar-refractivity contribution is 8.01. The first-order chi connectivity index (χ1) is 8.15. The van der Waals surface area contributed by atoms with Crippen molar-refractivity contribution in [3.63, 3.8) is 0 Å². The molecule has 0 saturated carbocycles. The predicted molar refractivity (Wildman–Crippen MR) is 72.0 cm³/mol. The van der Waals surface area contributed by atoms with Crippen LogP contribution in [0.15, 0.2) is 24.3 Å². The van der Waals surface area contributed by atoms with E-state index in [1.165, 1.54) is 0 Å². The Labute approximate surface area is 107 Å². The van der Waals surface area contributed by atoms with E-state index in [9.17, 15) is 4.79 Å². The van der Waals surface area contributed by atoms with E-state index in [1.54, 1.807) is 11.8 Å². The van der Waals surface area contributed by atoms with Gasteiger partial charge < -0.3 is 4.74 Å². The van der Waals surface area contributed by atoms with Gasteiger partial charge in [-0.25, -0.2) is 0 Å². The molecule has 17 heavy (non-hydrogen) atoms. The zero-order chi connectivity index (χ0) is 12.3. The van der Waals surface area contributed by atoms with E-state index in [1.807, 2.05) is 31.2 Å². The highest BCUT2D eigenvalue weighted by Crippen LogP contribution is 2.40. The SMILES string of the molecule is CCOc1ccc(C(=O)C2(C)CCCS2)cc1. The zero-order valence-corrected chi connectivity index (χ0v) is 11.2. The molecular weight excluding hydrogens is 232 g/mol. The smallest absolute Gasteiger partial charge is 0.178 e. The van der Waals surface area contributed by atoms with Gasteiger partial charge in [0.25, 0.3) is 0 Å².